The van der Waals surface area contributed by atoms with Gasteiger partial charge in [0.1, 0.15) is 0 Å². The molecule has 4 heterocycles. The fourth-order valence-corrected chi connectivity index (χ4v) is 5.90. The molecule has 4 aromatic rings. The molecule has 186 valence electrons. The lowest BCUT2D eigenvalue weighted by Gasteiger charge is -2.43. The van der Waals surface area contributed by atoms with E-state index in [1.807, 2.05) is 59.3 Å². The Kier molecular flexibility index (Phi) is 6.18. The van der Waals surface area contributed by atoms with Crippen molar-refractivity contribution in [2.45, 2.75) is 32.4 Å². The van der Waals surface area contributed by atoms with E-state index < -0.39 is 0 Å². The number of nitrogens with zero attached hydrogens (tertiary/aromatic N) is 3. The van der Waals surface area contributed by atoms with Crippen molar-refractivity contribution in [1.29, 1.82) is 0 Å². The van der Waals surface area contributed by atoms with Gasteiger partial charge in [-0.3, -0.25) is 19.5 Å². The topological polar surface area (TPSA) is 67.2 Å². The predicted octanol–water partition coefficient (Wildman–Crippen LogP) is 5.16. The van der Waals surface area contributed by atoms with Crippen molar-refractivity contribution in [1.82, 2.24) is 14.5 Å². The molecule has 6 rings (SSSR count). The molecule has 0 spiro atoms. The van der Waals surface area contributed by atoms with Crippen LogP contribution in [0.2, 0.25) is 0 Å². The average Bonchev–Trinajstić information content (AvgIpc) is 2.90. The third-order valence-corrected chi connectivity index (χ3v) is 7.52. The monoisotopic (exact) mass is 490 g/mol. The number of benzene rings is 2. The number of rotatable bonds is 5. The molecule has 2 aromatic carbocycles. The molecule has 0 aliphatic carbocycles. The van der Waals surface area contributed by atoms with E-state index in [0.717, 1.165) is 60.8 Å². The van der Waals surface area contributed by atoms with E-state index in [4.69, 9.17) is 0 Å². The van der Waals surface area contributed by atoms with Gasteiger partial charge >= 0.3 is 0 Å². The van der Waals surface area contributed by atoms with Gasteiger partial charge in [0.2, 0.25) is 5.91 Å². The highest BCUT2D eigenvalue weighted by Gasteiger charge is 2.35. The molecule has 37 heavy (non-hydrogen) atoms. The Morgan fingerprint density at radius 1 is 0.919 bits per heavy atom. The Hall–Kier alpha value is -4.03. The molecule has 0 unspecified atom stereocenters. The van der Waals surface area contributed by atoms with Gasteiger partial charge in [-0.2, -0.15) is 0 Å². The SMILES string of the molecule is CC(=O)Nc1ccc(-c2ccc3n(c2=O)C[C@H]2C[C@@H]3CN(Cc3ccc(-c4ccccn4)cc3)C2)cc1. The summed E-state index contributed by atoms with van der Waals surface area (Å²) in [6.45, 7) is 5.12. The standard InChI is InChI=1S/C31H30N4O2/c1-21(36)33-27-11-9-24(10-12-27)28-13-14-30-26-16-23(19-35(30)31(28)37)18-34(20-26)17-22-5-7-25(8-6-22)29-4-2-3-15-32-29/h2-15,23,26H,16-20H2,1H3,(H,33,36)/t23-,26+/m0/s1. The van der Waals surface area contributed by atoms with Crippen LogP contribution in [0.25, 0.3) is 22.4 Å². The summed E-state index contributed by atoms with van der Waals surface area (Å²) < 4.78 is 2.01. The molecule has 0 saturated carbocycles. The van der Waals surface area contributed by atoms with Gasteiger partial charge in [0, 0.05) is 67.7 Å². The van der Waals surface area contributed by atoms with Gasteiger partial charge < -0.3 is 9.88 Å². The summed E-state index contributed by atoms with van der Waals surface area (Å²) in [5, 5.41) is 2.78. The van der Waals surface area contributed by atoms with E-state index in [1.54, 1.807) is 0 Å². The highest BCUT2D eigenvalue weighted by atomic mass is 16.1. The molecule has 2 atom stereocenters. The number of carbonyl (C=O) groups is 1. The zero-order valence-corrected chi connectivity index (χ0v) is 20.9. The minimum atomic E-state index is -0.108. The van der Waals surface area contributed by atoms with E-state index in [-0.39, 0.29) is 11.5 Å². The number of pyridine rings is 2. The molecule has 1 saturated heterocycles. The first kappa shape index (κ1) is 23.4. The second-order valence-corrected chi connectivity index (χ2v) is 10.3. The average molecular weight is 491 g/mol. The summed E-state index contributed by atoms with van der Waals surface area (Å²) >= 11 is 0. The first-order valence-electron chi connectivity index (χ1n) is 12.9. The minimum absolute atomic E-state index is 0.0815. The van der Waals surface area contributed by atoms with Gasteiger partial charge in [-0.1, -0.05) is 42.5 Å². The molecule has 1 amide bonds. The number of hydrogen-bond acceptors (Lipinski definition) is 4. The van der Waals surface area contributed by atoms with Crippen molar-refractivity contribution >= 4 is 11.6 Å². The summed E-state index contributed by atoms with van der Waals surface area (Å²) in [4.78, 5) is 31.8. The lowest BCUT2D eigenvalue weighted by atomic mass is 9.82. The maximum atomic E-state index is 13.5. The van der Waals surface area contributed by atoms with Crippen molar-refractivity contribution in [2.75, 3.05) is 18.4 Å². The fraction of sp³-hybridized carbons (Fsp3) is 0.258. The number of anilines is 1. The highest BCUT2D eigenvalue weighted by Crippen LogP contribution is 2.36. The quantitative estimate of drug-likeness (QED) is 0.420. The van der Waals surface area contributed by atoms with Crippen molar-refractivity contribution < 1.29 is 4.79 Å². The van der Waals surface area contributed by atoms with Gasteiger partial charge in [-0.25, -0.2) is 0 Å². The maximum Gasteiger partial charge on any atom is 0.258 e. The normalized spacial score (nSPS) is 18.7. The van der Waals surface area contributed by atoms with Crippen LogP contribution in [0.1, 0.15) is 30.5 Å². The zero-order chi connectivity index (χ0) is 25.4. The molecule has 6 nitrogen and oxygen atoms in total. The Balaban J connectivity index is 1.18. The number of piperidine rings is 1. The molecule has 2 aromatic heterocycles. The number of aromatic nitrogens is 2. The Labute approximate surface area is 216 Å². The molecular formula is C31H30N4O2. The maximum absolute atomic E-state index is 13.5. The molecule has 2 bridgehead atoms. The van der Waals surface area contributed by atoms with Gasteiger partial charge in [0.05, 0.1) is 5.69 Å². The van der Waals surface area contributed by atoms with E-state index in [0.29, 0.717) is 17.4 Å². The molecule has 2 aliphatic heterocycles. The molecule has 2 aliphatic rings. The number of hydrogen-bond donors (Lipinski definition) is 1. The van der Waals surface area contributed by atoms with Crippen LogP contribution in [0.4, 0.5) is 5.69 Å². The summed E-state index contributed by atoms with van der Waals surface area (Å²) in [5.41, 5.74) is 6.97. The number of amides is 1. The summed E-state index contributed by atoms with van der Waals surface area (Å²) in [7, 11) is 0. The van der Waals surface area contributed by atoms with Crippen LogP contribution in [0.5, 0.6) is 0 Å². The van der Waals surface area contributed by atoms with Gasteiger partial charge in [0.15, 0.2) is 0 Å². The third-order valence-electron chi connectivity index (χ3n) is 7.52. The smallest absolute Gasteiger partial charge is 0.258 e. The zero-order valence-electron chi connectivity index (χ0n) is 20.9. The van der Waals surface area contributed by atoms with Gasteiger partial charge in [-0.15, -0.1) is 0 Å². The van der Waals surface area contributed by atoms with Crippen LogP contribution in [-0.4, -0.2) is 33.4 Å². The second kappa shape index (κ2) is 9.79. The molecule has 0 radical (unpaired) electrons. The van der Waals surface area contributed by atoms with Crippen molar-refractivity contribution in [3.8, 4) is 22.4 Å². The summed E-state index contributed by atoms with van der Waals surface area (Å²) in [6.07, 6.45) is 2.96. The van der Waals surface area contributed by atoms with Crippen LogP contribution >= 0.6 is 0 Å². The van der Waals surface area contributed by atoms with Crippen LogP contribution in [0, 0.1) is 5.92 Å². The minimum Gasteiger partial charge on any atom is -0.326 e. The lowest BCUT2D eigenvalue weighted by Crippen LogP contribution is -2.46. The van der Waals surface area contributed by atoms with E-state index >= 15 is 0 Å². The van der Waals surface area contributed by atoms with E-state index in [9.17, 15) is 9.59 Å². The van der Waals surface area contributed by atoms with Crippen LogP contribution in [0.3, 0.4) is 0 Å². The Bertz CT molecular complexity index is 1480. The Morgan fingerprint density at radius 3 is 2.43 bits per heavy atom. The van der Waals surface area contributed by atoms with Crippen LogP contribution in [0.15, 0.2) is 89.9 Å². The fourth-order valence-electron chi connectivity index (χ4n) is 5.90. The van der Waals surface area contributed by atoms with Crippen molar-refractivity contribution in [2.24, 2.45) is 5.92 Å². The summed E-state index contributed by atoms with van der Waals surface area (Å²) in [6, 6.07) is 26.3. The number of nitrogens with one attached hydrogen (secondary N) is 1. The number of carbonyl (C=O) groups excluding carboxylic acids is 1. The molecule has 1 N–H and O–H groups in total. The first-order chi connectivity index (χ1) is 18.0. The van der Waals surface area contributed by atoms with Gasteiger partial charge in [0.25, 0.3) is 5.56 Å². The van der Waals surface area contributed by atoms with Crippen LogP contribution < -0.4 is 10.9 Å². The predicted molar refractivity (Wildman–Crippen MR) is 146 cm³/mol. The summed E-state index contributed by atoms with van der Waals surface area (Å²) in [5.74, 6) is 0.724. The van der Waals surface area contributed by atoms with Crippen molar-refractivity contribution in [3.63, 3.8) is 0 Å². The molecule has 6 heteroatoms. The largest absolute Gasteiger partial charge is 0.326 e. The van der Waals surface area contributed by atoms with Gasteiger partial charge in [-0.05, 0) is 59.9 Å². The highest BCUT2D eigenvalue weighted by molar-refractivity contribution is 5.89. The van der Waals surface area contributed by atoms with E-state index in [2.05, 4.69) is 45.5 Å². The molecular weight excluding hydrogens is 460 g/mol. The van der Waals surface area contributed by atoms with Crippen LogP contribution in [-0.2, 0) is 17.9 Å². The lowest BCUT2D eigenvalue weighted by molar-refractivity contribution is -0.114. The Morgan fingerprint density at radius 2 is 1.70 bits per heavy atom. The molecule has 1 fully saturated rings. The number of fused-ring (bicyclic) bond motifs is 4. The second-order valence-electron chi connectivity index (χ2n) is 10.3. The third kappa shape index (κ3) is 4.85. The first-order valence-corrected chi connectivity index (χ1v) is 12.9. The van der Waals surface area contributed by atoms with E-state index in [1.165, 1.54) is 12.5 Å². The number of likely N-dealkylation sites (tertiary alicyclic amines) is 1. The van der Waals surface area contributed by atoms with Crippen molar-refractivity contribution in [3.05, 3.63) is 107 Å².